The molecule has 74 valence electrons. The van der Waals surface area contributed by atoms with Crippen LogP contribution in [0.3, 0.4) is 0 Å². The van der Waals surface area contributed by atoms with Gasteiger partial charge in [0.05, 0.1) is 19.3 Å². The van der Waals surface area contributed by atoms with Crippen molar-refractivity contribution in [3.05, 3.63) is 0 Å². The van der Waals surface area contributed by atoms with E-state index in [4.69, 9.17) is 15.2 Å². The molecule has 3 atom stereocenters. The molecular formula is C10H17NO2. The second-order valence-electron chi connectivity index (χ2n) is 5.13. The lowest BCUT2D eigenvalue weighted by atomic mass is 9.75. The molecule has 0 bridgehead atoms. The van der Waals surface area contributed by atoms with Crippen molar-refractivity contribution in [1.82, 2.24) is 0 Å². The summed E-state index contributed by atoms with van der Waals surface area (Å²) in [4.78, 5) is 0. The zero-order valence-corrected chi connectivity index (χ0v) is 8.30. The van der Waals surface area contributed by atoms with Crippen molar-refractivity contribution in [1.29, 1.82) is 0 Å². The topological polar surface area (TPSA) is 44.5 Å². The van der Waals surface area contributed by atoms with Crippen LogP contribution in [-0.4, -0.2) is 30.5 Å². The lowest BCUT2D eigenvalue weighted by Gasteiger charge is -2.36. The van der Waals surface area contributed by atoms with Gasteiger partial charge in [0, 0.05) is 5.41 Å². The average Bonchev–Trinajstić information content (AvgIpc) is 2.81. The zero-order valence-electron chi connectivity index (χ0n) is 8.30. The van der Waals surface area contributed by atoms with Crippen LogP contribution >= 0.6 is 0 Å². The second-order valence-corrected chi connectivity index (χ2v) is 5.13. The predicted molar refractivity (Wildman–Crippen MR) is 48.4 cm³/mol. The number of fused-ring (bicyclic) bond motifs is 2. The molecule has 2 saturated heterocycles. The van der Waals surface area contributed by atoms with Crippen molar-refractivity contribution in [2.24, 2.45) is 11.1 Å². The van der Waals surface area contributed by atoms with E-state index in [0.29, 0.717) is 12.0 Å². The Labute approximate surface area is 78.6 Å². The van der Waals surface area contributed by atoms with Crippen LogP contribution in [-0.2, 0) is 9.47 Å². The third-order valence-electron chi connectivity index (χ3n) is 4.72. The van der Waals surface area contributed by atoms with Gasteiger partial charge in [-0.15, -0.1) is 0 Å². The van der Waals surface area contributed by atoms with Gasteiger partial charge in [-0.2, -0.15) is 0 Å². The highest BCUT2D eigenvalue weighted by Crippen LogP contribution is 2.66. The van der Waals surface area contributed by atoms with E-state index < -0.39 is 0 Å². The number of nitrogens with two attached hydrogens (primary N) is 1. The molecule has 3 fully saturated rings. The van der Waals surface area contributed by atoms with Gasteiger partial charge in [0.25, 0.3) is 0 Å². The Balaban J connectivity index is 2.07. The monoisotopic (exact) mass is 183 g/mol. The van der Waals surface area contributed by atoms with Crippen molar-refractivity contribution >= 4 is 0 Å². The first-order chi connectivity index (χ1) is 6.04. The average molecular weight is 183 g/mol. The summed E-state index contributed by atoms with van der Waals surface area (Å²) in [6, 6.07) is 0.0393. The van der Waals surface area contributed by atoms with Crippen LogP contribution in [0.1, 0.15) is 26.7 Å². The van der Waals surface area contributed by atoms with Crippen molar-refractivity contribution in [2.45, 2.75) is 43.9 Å². The van der Waals surface area contributed by atoms with Crippen LogP contribution in [0, 0.1) is 5.41 Å². The number of hydrogen-bond acceptors (Lipinski definition) is 3. The quantitative estimate of drug-likeness (QED) is 0.600. The number of hydrogen-bond donors (Lipinski definition) is 1. The molecule has 0 aromatic carbocycles. The first-order valence-electron chi connectivity index (χ1n) is 5.08. The van der Waals surface area contributed by atoms with Crippen LogP contribution in [0.2, 0.25) is 0 Å². The SMILES string of the molecule is C[C@@]12OCC3(CC3)[C@]1(C)OC[C@H]2N. The zero-order chi connectivity index (χ0) is 9.32. The van der Waals surface area contributed by atoms with Crippen LogP contribution in [0.5, 0.6) is 0 Å². The molecular weight excluding hydrogens is 166 g/mol. The molecule has 13 heavy (non-hydrogen) atoms. The molecule has 1 aliphatic carbocycles. The normalized spacial score (nSPS) is 57.0. The van der Waals surface area contributed by atoms with E-state index in [-0.39, 0.29) is 17.2 Å². The highest BCUT2D eigenvalue weighted by molar-refractivity contribution is 5.24. The molecule has 2 heterocycles. The third kappa shape index (κ3) is 0.661. The summed E-state index contributed by atoms with van der Waals surface area (Å²) in [5.41, 5.74) is 5.97. The van der Waals surface area contributed by atoms with Gasteiger partial charge in [0.1, 0.15) is 11.2 Å². The van der Waals surface area contributed by atoms with Crippen LogP contribution < -0.4 is 5.73 Å². The van der Waals surface area contributed by atoms with Crippen molar-refractivity contribution in [3.63, 3.8) is 0 Å². The largest absolute Gasteiger partial charge is 0.370 e. The summed E-state index contributed by atoms with van der Waals surface area (Å²) in [5.74, 6) is 0. The smallest absolute Gasteiger partial charge is 0.112 e. The molecule has 0 amide bonds. The molecule has 2 aliphatic heterocycles. The molecule has 3 aliphatic rings. The molecule has 0 radical (unpaired) electrons. The first kappa shape index (κ1) is 8.21. The summed E-state index contributed by atoms with van der Waals surface area (Å²) in [5, 5.41) is 0. The van der Waals surface area contributed by atoms with Crippen LogP contribution in [0.25, 0.3) is 0 Å². The molecule has 1 spiro atoms. The molecule has 3 nitrogen and oxygen atoms in total. The molecule has 0 aromatic heterocycles. The fraction of sp³-hybridized carbons (Fsp3) is 1.00. The first-order valence-corrected chi connectivity index (χ1v) is 5.08. The maximum atomic E-state index is 6.04. The van der Waals surface area contributed by atoms with E-state index in [9.17, 15) is 0 Å². The number of ether oxygens (including phenoxy) is 2. The minimum Gasteiger partial charge on any atom is -0.370 e. The summed E-state index contributed by atoms with van der Waals surface area (Å²) in [6.07, 6.45) is 2.48. The molecule has 0 unspecified atom stereocenters. The fourth-order valence-corrected chi connectivity index (χ4v) is 3.03. The highest BCUT2D eigenvalue weighted by atomic mass is 16.6. The van der Waals surface area contributed by atoms with Crippen molar-refractivity contribution in [3.8, 4) is 0 Å². The molecule has 3 heteroatoms. The highest BCUT2D eigenvalue weighted by Gasteiger charge is 2.74. The maximum Gasteiger partial charge on any atom is 0.112 e. The van der Waals surface area contributed by atoms with E-state index in [1.54, 1.807) is 0 Å². The lowest BCUT2D eigenvalue weighted by Crippen LogP contribution is -2.55. The third-order valence-corrected chi connectivity index (χ3v) is 4.72. The lowest BCUT2D eigenvalue weighted by molar-refractivity contribution is -0.0819. The van der Waals surface area contributed by atoms with E-state index in [0.717, 1.165) is 6.61 Å². The Bertz CT molecular complexity index is 264. The summed E-state index contributed by atoms with van der Waals surface area (Å²) in [7, 11) is 0. The van der Waals surface area contributed by atoms with E-state index in [1.807, 2.05) is 0 Å². The Morgan fingerprint density at radius 2 is 1.92 bits per heavy atom. The summed E-state index contributed by atoms with van der Waals surface area (Å²) >= 11 is 0. The minimum absolute atomic E-state index is 0.0393. The standard InChI is InChI=1S/C10H17NO2/c1-8-7(11)5-12-9(8,2)10(3-4-10)6-13-8/h7H,3-6,11H2,1-2H3/t7-,8+,9-/m1/s1. The van der Waals surface area contributed by atoms with Crippen LogP contribution in [0.15, 0.2) is 0 Å². The van der Waals surface area contributed by atoms with Gasteiger partial charge >= 0.3 is 0 Å². The number of rotatable bonds is 0. The molecule has 0 aromatic rings. The van der Waals surface area contributed by atoms with Gasteiger partial charge in [-0.1, -0.05) is 0 Å². The van der Waals surface area contributed by atoms with E-state index >= 15 is 0 Å². The Morgan fingerprint density at radius 3 is 2.54 bits per heavy atom. The van der Waals surface area contributed by atoms with Gasteiger partial charge in [-0.25, -0.2) is 0 Å². The Kier molecular flexibility index (Phi) is 1.23. The van der Waals surface area contributed by atoms with Gasteiger partial charge in [-0.05, 0) is 26.7 Å². The fourth-order valence-electron chi connectivity index (χ4n) is 3.03. The van der Waals surface area contributed by atoms with Gasteiger partial charge in [0.2, 0.25) is 0 Å². The summed E-state index contributed by atoms with van der Waals surface area (Å²) in [6.45, 7) is 5.78. The van der Waals surface area contributed by atoms with E-state index in [1.165, 1.54) is 12.8 Å². The Hall–Kier alpha value is -0.120. The predicted octanol–water partition coefficient (Wildman–Crippen LogP) is 0.672. The van der Waals surface area contributed by atoms with Gasteiger partial charge in [0.15, 0.2) is 0 Å². The van der Waals surface area contributed by atoms with Crippen molar-refractivity contribution in [2.75, 3.05) is 13.2 Å². The molecule has 1 saturated carbocycles. The Morgan fingerprint density at radius 1 is 1.23 bits per heavy atom. The maximum absolute atomic E-state index is 6.04. The molecule has 2 N–H and O–H groups in total. The van der Waals surface area contributed by atoms with Gasteiger partial charge < -0.3 is 15.2 Å². The minimum atomic E-state index is -0.247. The van der Waals surface area contributed by atoms with Gasteiger partial charge in [-0.3, -0.25) is 0 Å². The second kappa shape index (κ2) is 1.95. The van der Waals surface area contributed by atoms with Crippen molar-refractivity contribution < 1.29 is 9.47 Å². The van der Waals surface area contributed by atoms with Crippen LogP contribution in [0.4, 0.5) is 0 Å². The van der Waals surface area contributed by atoms with E-state index in [2.05, 4.69) is 13.8 Å². The summed E-state index contributed by atoms with van der Waals surface area (Å²) < 4.78 is 11.8. The molecule has 3 rings (SSSR count).